The molecule has 1 aromatic carbocycles. The summed E-state index contributed by atoms with van der Waals surface area (Å²) >= 11 is 1.96. The molecule has 3 heterocycles. The van der Waals surface area contributed by atoms with E-state index in [0.29, 0.717) is 13.1 Å². The molecule has 1 N–H and O–H groups in total. The van der Waals surface area contributed by atoms with Gasteiger partial charge in [-0.15, -0.1) is 0 Å². The van der Waals surface area contributed by atoms with Crippen LogP contribution in [0.3, 0.4) is 0 Å². The molecular weight excluding hydrogens is 327 g/mol. The minimum atomic E-state index is -0.944. The average Bonchev–Trinajstić information content (AvgIpc) is 2.60. The van der Waals surface area contributed by atoms with Crippen LogP contribution in [0.15, 0.2) is 36.7 Å². The molecular formula is C17H19FN4OS. The van der Waals surface area contributed by atoms with Crippen molar-refractivity contribution in [3.8, 4) is 0 Å². The molecule has 0 aliphatic carbocycles. The van der Waals surface area contributed by atoms with Crippen molar-refractivity contribution in [2.45, 2.75) is 5.60 Å². The highest BCUT2D eigenvalue weighted by atomic mass is 32.2. The number of benzene rings is 1. The van der Waals surface area contributed by atoms with E-state index in [9.17, 15) is 9.50 Å². The van der Waals surface area contributed by atoms with Gasteiger partial charge in [0, 0.05) is 30.7 Å². The van der Waals surface area contributed by atoms with Gasteiger partial charge in [0.25, 0.3) is 0 Å². The average molecular weight is 346 g/mol. The van der Waals surface area contributed by atoms with Crippen LogP contribution in [0.4, 0.5) is 16.0 Å². The van der Waals surface area contributed by atoms with Crippen LogP contribution in [0.25, 0.3) is 0 Å². The molecule has 2 aromatic rings. The Bertz CT molecular complexity index is 715. The third kappa shape index (κ3) is 2.93. The lowest BCUT2D eigenvalue weighted by molar-refractivity contribution is 0.00700. The minimum absolute atomic E-state index is 0.293. The van der Waals surface area contributed by atoms with Gasteiger partial charge in [0.2, 0.25) is 0 Å². The molecule has 0 unspecified atom stereocenters. The van der Waals surface area contributed by atoms with E-state index < -0.39 is 5.60 Å². The third-order valence-electron chi connectivity index (χ3n) is 4.58. The Hall–Kier alpha value is -1.86. The molecule has 0 amide bonds. The summed E-state index contributed by atoms with van der Waals surface area (Å²) in [5, 5.41) is 10.7. The SMILES string of the molecule is OC1(c2ccc(F)cc2)CN(c2cc(N3CCSCC3)ncn2)C1. The molecule has 24 heavy (non-hydrogen) atoms. The van der Waals surface area contributed by atoms with Crippen LogP contribution in [0.5, 0.6) is 0 Å². The van der Waals surface area contributed by atoms with Gasteiger partial charge in [-0.25, -0.2) is 14.4 Å². The lowest BCUT2D eigenvalue weighted by Gasteiger charge is -2.47. The summed E-state index contributed by atoms with van der Waals surface area (Å²) in [4.78, 5) is 13.0. The zero-order chi connectivity index (χ0) is 16.6. The number of hydrogen-bond acceptors (Lipinski definition) is 6. The van der Waals surface area contributed by atoms with Crippen LogP contribution >= 0.6 is 11.8 Å². The number of rotatable bonds is 3. The number of aromatic nitrogens is 2. The van der Waals surface area contributed by atoms with Crippen molar-refractivity contribution in [2.24, 2.45) is 0 Å². The maximum Gasteiger partial charge on any atom is 0.134 e. The van der Waals surface area contributed by atoms with Crippen molar-refractivity contribution < 1.29 is 9.50 Å². The fourth-order valence-electron chi connectivity index (χ4n) is 3.17. The van der Waals surface area contributed by atoms with E-state index in [-0.39, 0.29) is 5.82 Å². The van der Waals surface area contributed by atoms with Gasteiger partial charge < -0.3 is 14.9 Å². The lowest BCUT2D eigenvalue weighted by Crippen LogP contribution is -2.59. The van der Waals surface area contributed by atoms with Crippen LogP contribution in [0, 0.1) is 5.82 Å². The van der Waals surface area contributed by atoms with E-state index in [2.05, 4.69) is 14.9 Å². The Morgan fingerprint density at radius 3 is 2.29 bits per heavy atom. The van der Waals surface area contributed by atoms with Gasteiger partial charge in [-0.05, 0) is 17.7 Å². The van der Waals surface area contributed by atoms with Crippen molar-refractivity contribution in [1.29, 1.82) is 0 Å². The Morgan fingerprint density at radius 2 is 1.62 bits per heavy atom. The molecule has 2 aliphatic heterocycles. The maximum absolute atomic E-state index is 13.0. The first-order valence-electron chi connectivity index (χ1n) is 8.02. The van der Waals surface area contributed by atoms with Crippen LogP contribution in [0.2, 0.25) is 0 Å². The van der Waals surface area contributed by atoms with Gasteiger partial charge in [0.1, 0.15) is 29.4 Å². The highest BCUT2D eigenvalue weighted by molar-refractivity contribution is 7.99. The van der Waals surface area contributed by atoms with E-state index in [4.69, 9.17) is 0 Å². The molecule has 2 saturated heterocycles. The number of hydrogen-bond donors (Lipinski definition) is 1. The van der Waals surface area contributed by atoms with Gasteiger partial charge in [0.05, 0.1) is 13.1 Å². The third-order valence-corrected chi connectivity index (χ3v) is 5.53. The molecule has 5 nitrogen and oxygen atoms in total. The van der Waals surface area contributed by atoms with Crippen molar-refractivity contribution in [2.75, 3.05) is 47.5 Å². The summed E-state index contributed by atoms with van der Waals surface area (Å²) in [7, 11) is 0. The van der Waals surface area contributed by atoms with Crippen molar-refractivity contribution in [1.82, 2.24) is 9.97 Å². The second-order valence-electron chi connectivity index (χ2n) is 6.23. The highest BCUT2D eigenvalue weighted by Crippen LogP contribution is 2.35. The number of halogens is 1. The lowest BCUT2D eigenvalue weighted by atomic mass is 9.86. The monoisotopic (exact) mass is 346 g/mol. The molecule has 0 bridgehead atoms. The Labute approximate surface area is 144 Å². The molecule has 0 radical (unpaired) electrons. The van der Waals surface area contributed by atoms with Crippen LogP contribution < -0.4 is 9.80 Å². The molecule has 0 atom stereocenters. The predicted molar refractivity (Wildman–Crippen MR) is 94.1 cm³/mol. The molecule has 0 saturated carbocycles. The second-order valence-corrected chi connectivity index (χ2v) is 7.45. The molecule has 2 aliphatic rings. The summed E-state index contributed by atoms with van der Waals surface area (Å²) in [6.45, 7) is 2.90. The topological polar surface area (TPSA) is 52.5 Å². The quantitative estimate of drug-likeness (QED) is 0.916. The van der Waals surface area contributed by atoms with Gasteiger partial charge in [-0.2, -0.15) is 11.8 Å². The first-order chi connectivity index (χ1) is 11.6. The summed E-state index contributed by atoms with van der Waals surface area (Å²) in [5.74, 6) is 3.71. The van der Waals surface area contributed by atoms with E-state index >= 15 is 0 Å². The summed E-state index contributed by atoms with van der Waals surface area (Å²) < 4.78 is 13.0. The van der Waals surface area contributed by atoms with Crippen LogP contribution in [-0.2, 0) is 5.60 Å². The fourth-order valence-corrected chi connectivity index (χ4v) is 4.07. The number of nitrogens with zero attached hydrogens (tertiary/aromatic N) is 4. The van der Waals surface area contributed by atoms with Crippen LogP contribution in [-0.4, -0.2) is 52.8 Å². The van der Waals surface area contributed by atoms with Crippen molar-refractivity contribution >= 4 is 23.4 Å². The standard InChI is InChI=1S/C17H19FN4OS/c18-14-3-1-13(2-4-14)17(23)10-22(11-17)16-9-15(19-12-20-16)21-5-7-24-8-6-21/h1-4,9,12,23H,5-8,10-11H2. The van der Waals surface area contributed by atoms with Gasteiger partial charge >= 0.3 is 0 Å². The summed E-state index contributed by atoms with van der Waals surface area (Å²) in [6.07, 6.45) is 1.59. The number of aliphatic hydroxyl groups is 1. The summed E-state index contributed by atoms with van der Waals surface area (Å²) in [6, 6.07) is 8.04. The van der Waals surface area contributed by atoms with E-state index in [1.807, 2.05) is 22.7 Å². The first kappa shape index (κ1) is 15.7. The Balaban J connectivity index is 1.47. The second kappa shape index (κ2) is 6.22. The van der Waals surface area contributed by atoms with Gasteiger partial charge in [-0.3, -0.25) is 0 Å². The number of anilines is 2. The van der Waals surface area contributed by atoms with E-state index in [0.717, 1.165) is 41.8 Å². The molecule has 4 rings (SSSR count). The fraction of sp³-hybridized carbons (Fsp3) is 0.412. The zero-order valence-electron chi connectivity index (χ0n) is 13.2. The number of thioether (sulfide) groups is 1. The smallest absolute Gasteiger partial charge is 0.134 e. The maximum atomic E-state index is 13.0. The molecule has 0 spiro atoms. The van der Waals surface area contributed by atoms with Gasteiger partial charge in [-0.1, -0.05) is 12.1 Å². The molecule has 126 valence electrons. The van der Waals surface area contributed by atoms with Crippen LogP contribution in [0.1, 0.15) is 5.56 Å². The van der Waals surface area contributed by atoms with Crippen molar-refractivity contribution in [3.63, 3.8) is 0 Å². The first-order valence-corrected chi connectivity index (χ1v) is 9.18. The van der Waals surface area contributed by atoms with E-state index in [1.165, 1.54) is 12.1 Å². The van der Waals surface area contributed by atoms with Crippen molar-refractivity contribution in [3.05, 3.63) is 48.0 Å². The Morgan fingerprint density at radius 1 is 1.00 bits per heavy atom. The largest absolute Gasteiger partial charge is 0.381 e. The zero-order valence-corrected chi connectivity index (χ0v) is 14.0. The van der Waals surface area contributed by atoms with E-state index in [1.54, 1.807) is 18.5 Å². The Kier molecular flexibility index (Phi) is 4.05. The molecule has 2 fully saturated rings. The molecule has 1 aromatic heterocycles. The number of β-amino-alcohol motifs (C(OH)–C–C–N with tert-alkyl or cyclic N) is 1. The van der Waals surface area contributed by atoms with Gasteiger partial charge in [0.15, 0.2) is 0 Å². The molecule has 7 heteroatoms. The normalized spacial score (nSPS) is 19.9. The summed E-state index contributed by atoms with van der Waals surface area (Å²) in [5.41, 5.74) is -0.205. The minimum Gasteiger partial charge on any atom is -0.381 e. The highest BCUT2D eigenvalue weighted by Gasteiger charge is 2.43. The predicted octanol–water partition coefficient (Wildman–Crippen LogP) is 1.88.